The molecule has 19 heteroatoms. The summed E-state index contributed by atoms with van der Waals surface area (Å²) in [5.41, 5.74) is 0. The van der Waals surface area contributed by atoms with Gasteiger partial charge >= 0.3 is 39.5 Å². The summed E-state index contributed by atoms with van der Waals surface area (Å²) in [5, 5.41) is 10.6. The highest BCUT2D eigenvalue weighted by molar-refractivity contribution is 7.47. The third-order valence-corrected chi connectivity index (χ3v) is 21.2. The minimum atomic E-state index is -4.96. The molecule has 0 amide bonds. The van der Waals surface area contributed by atoms with Crippen molar-refractivity contribution in [3.05, 3.63) is 0 Å². The first kappa shape index (κ1) is 97.1. The van der Waals surface area contributed by atoms with Gasteiger partial charge in [-0.15, -0.1) is 0 Å². The molecule has 0 aliphatic carbocycles. The molecule has 99 heavy (non-hydrogen) atoms. The van der Waals surface area contributed by atoms with E-state index in [0.29, 0.717) is 25.7 Å². The Balaban J connectivity index is 5.24. The average molecular weight is 1450 g/mol. The highest BCUT2D eigenvalue weighted by Crippen LogP contribution is 2.45. The average Bonchev–Trinajstić information content (AvgIpc) is 1.66. The normalized spacial score (nSPS) is 14.6. The summed E-state index contributed by atoms with van der Waals surface area (Å²) < 4.78 is 68.7. The molecule has 0 fully saturated rings. The number of carbonyl (C=O) groups is 4. The lowest BCUT2D eigenvalue weighted by Crippen LogP contribution is -2.30. The molecule has 0 aromatic carbocycles. The number of unbranched alkanes of at least 4 members (excludes halogenated alkanes) is 41. The number of phosphoric ester groups is 2. The van der Waals surface area contributed by atoms with Gasteiger partial charge in [-0.2, -0.15) is 0 Å². The van der Waals surface area contributed by atoms with E-state index in [1.54, 1.807) is 0 Å². The fourth-order valence-electron chi connectivity index (χ4n) is 12.2. The molecule has 0 spiro atoms. The quantitative estimate of drug-likeness (QED) is 0.0222. The van der Waals surface area contributed by atoms with Crippen LogP contribution >= 0.6 is 15.6 Å². The molecule has 4 unspecified atom stereocenters. The van der Waals surface area contributed by atoms with Crippen LogP contribution < -0.4 is 0 Å². The van der Waals surface area contributed by atoms with Crippen molar-refractivity contribution >= 4 is 39.5 Å². The maximum Gasteiger partial charge on any atom is 0.472 e. The lowest BCUT2D eigenvalue weighted by atomic mass is 9.99. The zero-order valence-corrected chi connectivity index (χ0v) is 66.9. The van der Waals surface area contributed by atoms with Crippen LogP contribution in [0, 0.1) is 23.7 Å². The van der Waals surface area contributed by atoms with Gasteiger partial charge in [0, 0.05) is 25.7 Å². The van der Waals surface area contributed by atoms with Crippen molar-refractivity contribution in [1.82, 2.24) is 0 Å². The molecule has 0 saturated heterocycles. The van der Waals surface area contributed by atoms with Crippen LogP contribution in [-0.4, -0.2) is 96.7 Å². The molecule has 17 nitrogen and oxygen atoms in total. The van der Waals surface area contributed by atoms with Crippen LogP contribution in [0.5, 0.6) is 0 Å². The minimum absolute atomic E-state index is 0.106. The number of rotatable bonds is 77. The fraction of sp³-hybridized carbons (Fsp3) is 0.950. The first-order valence-electron chi connectivity index (χ1n) is 41.3. The first-order chi connectivity index (χ1) is 47.7. The number of hydrogen-bond acceptors (Lipinski definition) is 15. The second-order valence-corrected chi connectivity index (χ2v) is 33.1. The molecule has 0 aromatic heterocycles. The molecule has 588 valence electrons. The molecule has 0 saturated carbocycles. The molecule has 0 bridgehead atoms. The maximum atomic E-state index is 13.1. The molecular formula is C80H156O17P2. The molecule has 3 N–H and O–H groups in total. The Kier molecular flexibility index (Phi) is 67.8. The van der Waals surface area contributed by atoms with Crippen molar-refractivity contribution in [1.29, 1.82) is 0 Å². The SMILES string of the molecule is CCC(C)CCCCCCCCCCCCC(=O)O[C@H](COC(=O)CCCCCCCCCCCCCCCCCC(C)C)COP(=O)(O)OC[C@@H](O)COP(=O)(O)OC[C@@H](COC(=O)CCCCCCCCC(C)CC)OC(=O)CCCCCCCCCCCCCCCCC(C)C. The van der Waals surface area contributed by atoms with Gasteiger partial charge in [-0.25, -0.2) is 9.13 Å². The smallest absolute Gasteiger partial charge is 0.462 e. The zero-order valence-electron chi connectivity index (χ0n) is 65.1. The van der Waals surface area contributed by atoms with Gasteiger partial charge in [-0.1, -0.05) is 357 Å². The monoisotopic (exact) mass is 1450 g/mol. The van der Waals surface area contributed by atoms with Crippen LogP contribution in [0.15, 0.2) is 0 Å². The van der Waals surface area contributed by atoms with E-state index >= 15 is 0 Å². The summed E-state index contributed by atoms with van der Waals surface area (Å²) in [5.74, 6) is 1.02. The van der Waals surface area contributed by atoms with Crippen LogP contribution in [0.4, 0.5) is 0 Å². The summed E-state index contributed by atoms with van der Waals surface area (Å²) in [6.07, 6.45) is 55.4. The first-order valence-corrected chi connectivity index (χ1v) is 44.3. The molecule has 7 atom stereocenters. The van der Waals surface area contributed by atoms with Gasteiger partial charge < -0.3 is 33.8 Å². The third-order valence-electron chi connectivity index (χ3n) is 19.3. The van der Waals surface area contributed by atoms with E-state index in [0.717, 1.165) is 120 Å². The highest BCUT2D eigenvalue weighted by Gasteiger charge is 2.30. The van der Waals surface area contributed by atoms with E-state index in [2.05, 4.69) is 55.4 Å². The second-order valence-electron chi connectivity index (χ2n) is 30.2. The van der Waals surface area contributed by atoms with Crippen LogP contribution in [0.25, 0.3) is 0 Å². The Morgan fingerprint density at radius 3 is 0.717 bits per heavy atom. The van der Waals surface area contributed by atoms with Crippen LogP contribution in [0.1, 0.15) is 409 Å². The Bertz CT molecular complexity index is 1940. The van der Waals surface area contributed by atoms with Crippen molar-refractivity contribution in [2.75, 3.05) is 39.6 Å². The third kappa shape index (κ3) is 71.5. The predicted molar refractivity (Wildman–Crippen MR) is 404 cm³/mol. The van der Waals surface area contributed by atoms with Gasteiger partial charge in [-0.3, -0.25) is 37.3 Å². The van der Waals surface area contributed by atoms with E-state index in [-0.39, 0.29) is 25.7 Å². The molecule has 0 aromatic rings. The molecule has 0 heterocycles. The number of ether oxygens (including phenoxy) is 4. The van der Waals surface area contributed by atoms with Crippen molar-refractivity contribution in [2.45, 2.75) is 427 Å². The fourth-order valence-corrected chi connectivity index (χ4v) is 13.8. The Labute approximate surface area is 607 Å². The number of aliphatic hydroxyl groups excluding tert-OH is 1. The number of esters is 4. The maximum absolute atomic E-state index is 13.1. The van der Waals surface area contributed by atoms with Crippen molar-refractivity contribution in [3.63, 3.8) is 0 Å². The Morgan fingerprint density at radius 2 is 0.485 bits per heavy atom. The van der Waals surface area contributed by atoms with E-state index in [1.165, 1.54) is 205 Å². The Hall–Kier alpha value is -1.94. The summed E-state index contributed by atoms with van der Waals surface area (Å²) in [6, 6.07) is 0. The highest BCUT2D eigenvalue weighted by atomic mass is 31.2. The molecule has 0 aliphatic rings. The number of aliphatic hydroxyl groups is 1. The lowest BCUT2D eigenvalue weighted by molar-refractivity contribution is -0.161. The van der Waals surface area contributed by atoms with Gasteiger partial charge in [0.25, 0.3) is 0 Å². The summed E-state index contributed by atoms with van der Waals surface area (Å²) in [6.45, 7) is 14.3. The standard InChI is InChI=1S/C80H156O17P2/c1-9-72(7)58-50-42-34-28-24-25-31-37-47-55-63-80(85)96-75(66-90-77(82)60-52-44-35-29-22-18-13-11-12-16-20-26-32-40-48-56-70(3)4)68-94-98(86,87)92-64-74(81)65-93-99(88,89)95-69-76(67-91-78(83)61-53-45-39-38-43-51-59-73(8)10-2)97-79(84)62-54-46-36-30-23-19-15-14-17-21-27-33-41-49-57-71(5)6/h70-76,81H,9-69H2,1-8H3,(H,86,87)(H,88,89)/t72?,73?,74-,75-,76-/m1/s1. The van der Waals surface area contributed by atoms with E-state index in [4.69, 9.17) is 37.0 Å². The van der Waals surface area contributed by atoms with E-state index in [1.807, 2.05) is 0 Å². The molecular weight excluding hydrogens is 1290 g/mol. The van der Waals surface area contributed by atoms with Crippen LogP contribution in [-0.2, 0) is 65.4 Å². The van der Waals surface area contributed by atoms with Crippen LogP contribution in [0.3, 0.4) is 0 Å². The van der Waals surface area contributed by atoms with Gasteiger partial charge in [0.1, 0.15) is 19.3 Å². The van der Waals surface area contributed by atoms with Crippen molar-refractivity contribution in [2.24, 2.45) is 23.7 Å². The number of carbonyl (C=O) groups excluding carboxylic acids is 4. The Morgan fingerprint density at radius 1 is 0.283 bits per heavy atom. The van der Waals surface area contributed by atoms with Crippen LogP contribution in [0.2, 0.25) is 0 Å². The van der Waals surface area contributed by atoms with Gasteiger partial charge in [0.2, 0.25) is 0 Å². The summed E-state index contributed by atoms with van der Waals surface area (Å²) in [4.78, 5) is 73.0. The molecule has 0 rings (SSSR count). The number of phosphoric acid groups is 2. The zero-order chi connectivity index (χ0) is 73.1. The number of hydrogen-bond donors (Lipinski definition) is 3. The van der Waals surface area contributed by atoms with E-state index < -0.39 is 97.5 Å². The topological polar surface area (TPSA) is 237 Å². The van der Waals surface area contributed by atoms with Gasteiger partial charge in [0.05, 0.1) is 26.4 Å². The molecule has 0 aliphatic heterocycles. The largest absolute Gasteiger partial charge is 0.472 e. The van der Waals surface area contributed by atoms with Crippen molar-refractivity contribution < 1.29 is 80.2 Å². The lowest BCUT2D eigenvalue weighted by Gasteiger charge is -2.21. The minimum Gasteiger partial charge on any atom is -0.462 e. The van der Waals surface area contributed by atoms with E-state index in [9.17, 15) is 43.2 Å². The predicted octanol–water partition coefficient (Wildman–Crippen LogP) is 23.6. The summed E-state index contributed by atoms with van der Waals surface area (Å²) >= 11 is 0. The van der Waals surface area contributed by atoms with Gasteiger partial charge in [-0.05, 0) is 49.4 Å². The van der Waals surface area contributed by atoms with Gasteiger partial charge in [0.15, 0.2) is 12.2 Å². The molecule has 0 radical (unpaired) electrons. The summed E-state index contributed by atoms with van der Waals surface area (Å²) in [7, 11) is -9.92. The van der Waals surface area contributed by atoms with Crippen molar-refractivity contribution in [3.8, 4) is 0 Å². The second kappa shape index (κ2) is 69.1.